The van der Waals surface area contributed by atoms with Gasteiger partial charge in [-0.1, -0.05) is 32.0 Å². The van der Waals surface area contributed by atoms with Crippen molar-refractivity contribution < 1.29 is 23.7 Å². The van der Waals surface area contributed by atoms with E-state index in [1.165, 1.54) is 26.9 Å². The predicted octanol–water partition coefficient (Wildman–Crippen LogP) is 4.21. The monoisotopic (exact) mass is 434 g/mol. The molecule has 0 atom stereocenters. The molecule has 0 radical (unpaired) electrons. The third-order valence-electron chi connectivity index (χ3n) is 5.87. The number of methoxy groups -OCH3 is 3. The standard InChI is InChI=1S/C25H26N2O5/c1-25(2)16-9-7-8-10-18(16)27(3)21(25)12-11-17-24(28)32-23(26-17)15-13-19(29-4)22(31-6)20(14-15)30-5/h7-14H,1-6H3/b17-11-,21-12+. The van der Waals surface area contributed by atoms with Crippen molar-refractivity contribution in [1.82, 2.24) is 0 Å². The van der Waals surface area contributed by atoms with E-state index in [-0.39, 0.29) is 17.0 Å². The highest BCUT2D eigenvalue weighted by Crippen LogP contribution is 2.46. The van der Waals surface area contributed by atoms with Gasteiger partial charge in [0.05, 0.1) is 21.3 Å². The molecule has 2 heterocycles. The third-order valence-corrected chi connectivity index (χ3v) is 5.87. The van der Waals surface area contributed by atoms with E-state index in [0.717, 1.165) is 11.4 Å². The Morgan fingerprint density at radius 1 is 1.00 bits per heavy atom. The summed E-state index contributed by atoms with van der Waals surface area (Å²) >= 11 is 0. The van der Waals surface area contributed by atoms with Gasteiger partial charge >= 0.3 is 5.97 Å². The number of esters is 1. The number of likely N-dealkylation sites (N-methyl/N-ethyl adjacent to an activating group) is 1. The van der Waals surface area contributed by atoms with Crippen LogP contribution in [0.25, 0.3) is 0 Å². The van der Waals surface area contributed by atoms with Crippen molar-refractivity contribution in [2.75, 3.05) is 33.3 Å². The van der Waals surface area contributed by atoms with Crippen LogP contribution in [0.2, 0.25) is 0 Å². The molecule has 0 amide bonds. The summed E-state index contributed by atoms with van der Waals surface area (Å²) in [5.74, 6) is 1.03. The van der Waals surface area contributed by atoms with Crippen molar-refractivity contribution in [3.05, 3.63) is 71.1 Å². The van der Waals surface area contributed by atoms with Gasteiger partial charge in [-0.15, -0.1) is 0 Å². The van der Waals surface area contributed by atoms with Crippen LogP contribution >= 0.6 is 0 Å². The molecule has 32 heavy (non-hydrogen) atoms. The van der Waals surface area contributed by atoms with E-state index in [9.17, 15) is 4.79 Å². The van der Waals surface area contributed by atoms with Crippen LogP contribution < -0.4 is 19.1 Å². The maximum absolute atomic E-state index is 12.5. The van der Waals surface area contributed by atoms with Crippen molar-refractivity contribution in [3.8, 4) is 17.2 Å². The fraction of sp³-hybridized carbons (Fsp3) is 0.280. The minimum absolute atomic E-state index is 0.182. The van der Waals surface area contributed by atoms with Crippen LogP contribution in [0.4, 0.5) is 5.69 Å². The summed E-state index contributed by atoms with van der Waals surface area (Å²) in [4.78, 5) is 19.1. The quantitative estimate of drug-likeness (QED) is 0.519. The molecule has 2 aromatic rings. The fourth-order valence-corrected chi connectivity index (χ4v) is 4.21. The second kappa shape index (κ2) is 8.07. The Morgan fingerprint density at radius 3 is 2.25 bits per heavy atom. The molecule has 0 saturated carbocycles. The summed E-state index contributed by atoms with van der Waals surface area (Å²) in [7, 11) is 6.61. The summed E-state index contributed by atoms with van der Waals surface area (Å²) in [6, 6.07) is 11.7. The van der Waals surface area contributed by atoms with Crippen molar-refractivity contribution >= 4 is 17.6 Å². The molecule has 0 N–H and O–H groups in total. The molecule has 0 aliphatic carbocycles. The fourth-order valence-electron chi connectivity index (χ4n) is 4.21. The summed E-state index contributed by atoms with van der Waals surface area (Å²) in [6.45, 7) is 4.33. The summed E-state index contributed by atoms with van der Waals surface area (Å²) in [5.41, 5.74) is 4.03. The molecule has 0 saturated heterocycles. The Labute approximate surface area is 187 Å². The number of aliphatic imine (C=N–C) groups is 1. The van der Waals surface area contributed by atoms with Crippen molar-refractivity contribution in [2.24, 2.45) is 4.99 Å². The number of cyclic esters (lactones) is 1. The van der Waals surface area contributed by atoms with Gasteiger partial charge in [-0.2, -0.15) is 0 Å². The Kier molecular flexibility index (Phi) is 5.42. The van der Waals surface area contributed by atoms with Gasteiger partial charge in [0.1, 0.15) is 0 Å². The first-order valence-electron chi connectivity index (χ1n) is 10.2. The lowest BCUT2D eigenvalue weighted by Crippen LogP contribution is -2.22. The number of benzene rings is 2. The van der Waals surface area contributed by atoms with Gasteiger partial charge in [-0.3, -0.25) is 0 Å². The van der Waals surface area contributed by atoms with Crippen LogP contribution in [0.1, 0.15) is 25.0 Å². The molecule has 0 spiro atoms. The van der Waals surface area contributed by atoms with Crippen LogP contribution in [0.3, 0.4) is 0 Å². The summed E-state index contributed by atoms with van der Waals surface area (Å²) < 4.78 is 21.6. The summed E-state index contributed by atoms with van der Waals surface area (Å²) in [6.07, 6.45) is 3.63. The van der Waals surface area contributed by atoms with E-state index >= 15 is 0 Å². The van der Waals surface area contributed by atoms with E-state index in [2.05, 4.69) is 35.9 Å². The number of ether oxygens (including phenoxy) is 4. The van der Waals surface area contributed by atoms with Crippen LogP contribution in [0, 0.1) is 0 Å². The molecule has 2 aliphatic heterocycles. The minimum atomic E-state index is -0.512. The van der Waals surface area contributed by atoms with Gasteiger partial charge in [0.25, 0.3) is 0 Å². The van der Waals surface area contributed by atoms with Crippen molar-refractivity contribution in [3.63, 3.8) is 0 Å². The second-order valence-corrected chi connectivity index (χ2v) is 8.03. The van der Waals surface area contributed by atoms with E-state index in [0.29, 0.717) is 22.8 Å². The lowest BCUT2D eigenvalue weighted by molar-refractivity contribution is -0.130. The molecule has 0 bridgehead atoms. The van der Waals surface area contributed by atoms with Gasteiger partial charge in [0, 0.05) is 29.4 Å². The molecule has 166 valence electrons. The van der Waals surface area contributed by atoms with Crippen LogP contribution in [-0.4, -0.2) is 40.2 Å². The first kappa shape index (κ1) is 21.5. The Bertz CT molecular complexity index is 1150. The molecule has 0 unspecified atom stereocenters. The van der Waals surface area contributed by atoms with Gasteiger partial charge in [0.15, 0.2) is 17.2 Å². The lowest BCUT2D eigenvalue weighted by Gasteiger charge is -2.23. The Hall–Kier alpha value is -3.74. The second-order valence-electron chi connectivity index (χ2n) is 8.03. The average molecular weight is 434 g/mol. The van der Waals surface area contributed by atoms with Crippen LogP contribution in [0.15, 0.2) is 64.9 Å². The minimum Gasteiger partial charge on any atom is -0.493 e. The smallest absolute Gasteiger partial charge is 0.363 e. The first-order chi connectivity index (χ1) is 15.3. The maximum Gasteiger partial charge on any atom is 0.363 e. The Balaban J connectivity index is 1.70. The molecule has 2 aromatic carbocycles. The number of hydrogen-bond acceptors (Lipinski definition) is 7. The zero-order valence-corrected chi connectivity index (χ0v) is 19.1. The van der Waals surface area contributed by atoms with Crippen LogP contribution in [-0.2, 0) is 14.9 Å². The highest BCUT2D eigenvalue weighted by Gasteiger charge is 2.38. The number of fused-ring (bicyclic) bond motifs is 1. The van der Waals surface area contributed by atoms with E-state index in [4.69, 9.17) is 18.9 Å². The largest absolute Gasteiger partial charge is 0.493 e. The SMILES string of the molecule is COc1cc(C2=N/C(=C\C=C3\N(C)c4ccccc4C3(C)C)C(=O)O2)cc(OC)c1OC. The van der Waals surface area contributed by atoms with Gasteiger partial charge in [-0.25, -0.2) is 9.79 Å². The molecule has 0 fully saturated rings. The van der Waals surface area contributed by atoms with E-state index in [1.807, 2.05) is 25.3 Å². The first-order valence-corrected chi connectivity index (χ1v) is 10.2. The number of anilines is 1. The van der Waals surface area contributed by atoms with Crippen molar-refractivity contribution in [2.45, 2.75) is 19.3 Å². The number of carbonyl (C=O) groups is 1. The third kappa shape index (κ3) is 3.39. The van der Waals surface area contributed by atoms with E-state index < -0.39 is 5.97 Å². The molecular formula is C25H26N2O5. The number of hydrogen-bond donors (Lipinski definition) is 0. The summed E-state index contributed by atoms with van der Waals surface area (Å²) in [5, 5.41) is 0. The number of carbonyl (C=O) groups excluding carboxylic acids is 1. The van der Waals surface area contributed by atoms with Gasteiger partial charge in [0.2, 0.25) is 11.6 Å². The molecule has 0 aromatic heterocycles. The molecule has 2 aliphatic rings. The zero-order chi connectivity index (χ0) is 23.0. The number of allylic oxidation sites excluding steroid dienone is 3. The Morgan fingerprint density at radius 2 is 1.66 bits per heavy atom. The number of rotatable bonds is 5. The van der Waals surface area contributed by atoms with Crippen molar-refractivity contribution in [1.29, 1.82) is 0 Å². The lowest BCUT2D eigenvalue weighted by atomic mass is 9.84. The van der Waals surface area contributed by atoms with Crippen LogP contribution in [0.5, 0.6) is 17.2 Å². The number of para-hydroxylation sites is 1. The highest BCUT2D eigenvalue weighted by atomic mass is 16.6. The van der Waals surface area contributed by atoms with E-state index in [1.54, 1.807) is 18.2 Å². The highest BCUT2D eigenvalue weighted by molar-refractivity contribution is 6.11. The average Bonchev–Trinajstić information content (AvgIpc) is 3.26. The molecule has 7 heteroatoms. The molecule has 4 rings (SSSR count). The maximum atomic E-state index is 12.5. The normalized spacial score (nSPS) is 19.1. The number of nitrogens with zero attached hydrogens (tertiary/aromatic N) is 2. The predicted molar refractivity (Wildman–Crippen MR) is 123 cm³/mol. The van der Waals surface area contributed by atoms with Gasteiger partial charge in [-0.05, 0) is 35.9 Å². The molecule has 7 nitrogen and oxygen atoms in total. The molecular weight excluding hydrogens is 408 g/mol. The topological polar surface area (TPSA) is 69.6 Å². The zero-order valence-electron chi connectivity index (χ0n) is 19.1. The van der Waals surface area contributed by atoms with Gasteiger partial charge < -0.3 is 23.8 Å².